The van der Waals surface area contributed by atoms with E-state index in [1.807, 2.05) is 7.05 Å². The number of rotatable bonds is 6. The van der Waals surface area contributed by atoms with Crippen LogP contribution in [0.1, 0.15) is 48.7 Å². The summed E-state index contributed by atoms with van der Waals surface area (Å²) in [7, 11) is 2.03. The van der Waals surface area contributed by atoms with Crippen molar-refractivity contribution >= 4 is 12.0 Å². The third-order valence-electron chi connectivity index (χ3n) is 5.75. The summed E-state index contributed by atoms with van der Waals surface area (Å²) in [6.45, 7) is 2.43. The number of hydrogen-bond acceptors (Lipinski definition) is 5. The van der Waals surface area contributed by atoms with Crippen molar-refractivity contribution in [1.29, 1.82) is 0 Å². The molecule has 0 spiro atoms. The van der Waals surface area contributed by atoms with Crippen LogP contribution < -0.4 is 10.6 Å². The molecule has 1 aliphatic carbocycles. The summed E-state index contributed by atoms with van der Waals surface area (Å²) in [4.78, 5) is 27.4. The molecule has 2 atom stereocenters. The summed E-state index contributed by atoms with van der Waals surface area (Å²) in [5.74, 6) is 0.0370. The number of carbonyl (C=O) groups excluding carboxylic acids is 2. The zero-order chi connectivity index (χ0) is 21.1. The maximum absolute atomic E-state index is 12.8. The van der Waals surface area contributed by atoms with Gasteiger partial charge in [0.05, 0.1) is 18.4 Å². The number of carbonyl (C=O) groups is 2. The van der Waals surface area contributed by atoms with Gasteiger partial charge in [-0.05, 0) is 56.5 Å². The van der Waals surface area contributed by atoms with Crippen LogP contribution in [0.4, 0.5) is 4.79 Å². The molecular weight excluding hydrogens is 382 g/mol. The highest BCUT2D eigenvalue weighted by Crippen LogP contribution is 2.35. The van der Waals surface area contributed by atoms with Gasteiger partial charge >= 0.3 is 12.0 Å². The van der Waals surface area contributed by atoms with E-state index < -0.39 is 12.0 Å². The van der Waals surface area contributed by atoms with Crippen molar-refractivity contribution in [3.05, 3.63) is 70.8 Å². The van der Waals surface area contributed by atoms with Crippen LogP contribution in [0.25, 0.3) is 0 Å². The molecule has 0 bridgehead atoms. The molecular formula is C23H27N3O4. The lowest BCUT2D eigenvalue weighted by Crippen LogP contribution is -2.48. The lowest BCUT2D eigenvalue weighted by molar-refractivity contribution is -0.139. The number of likely N-dealkylation sites (N-methyl/N-ethyl adjacent to an activating group) is 1. The maximum atomic E-state index is 12.8. The average molecular weight is 409 g/mol. The van der Waals surface area contributed by atoms with Crippen molar-refractivity contribution in [1.82, 2.24) is 15.5 Å². The number of urea groups is 1. The van der Waals surface area contributed by atoms with Gasteiger partial charge in [0, 0.05) is 18.3 Å². The summed E-state index contributed by atoms with van der Waals surface area (Å²) in [5, 5.41) is 5.62. The Morgan fingerprint density at radius 1 is 1.27 bits per heavy atom. The number of furan rings is 1. The van der Waals surface area contributed by atoms with Crippen molar-refractivity contribution in [3.8, 4) is 0 Å². The second kappa shape index (κ2) is 8.75. The predicted octanol–water partition coefficient (Wildman–Crippen LogP) is 3.46. The van der Waals surface area contributed by atoms with E-state index in [0.29, 0.717) is 23.6 Å². The van der Waals surface area contributed by atoms with E-state index in [-0.39, 0.29) is 18.7 Å². The normalized spacial score (nSPS) is 21.1. The Hall–Kier alpha value is -3.06. The molecule has 0 saturated heterocycles. The Balaban J connectivity index is 1.68. The molecule has 2 aromatic rings. The number of aryl methyl sites for hydroxylation is 1. The van der Waals surface area contributed by atoms with E-state index in [2.05, 4.69) is 39.8 Å². The molecule has 7 nitrogen and oxygen atoms in total. The van der Waals surface area contributed by atoms with Crippen LogP contribution in [-0.2, 0) is 16.0 Å². The fraction of sp³-hybridized carbons (Fsp3) is 0.391. The Bertz CT molecular complexity index is 951. The van der Waals surface area contributed by atoms with Gasteiger partial charge in [0.25, 0.3) is 0 Å². The smallest absolute Gasteiger partial charge is 0.338 e. The van der Waals surface area contributed by atoms with E-state index >= 15 is 0 Å². The molecule has 30 heavy (non-hydrogen) atoms. The standard InChI is InChI=1S/C23H27N3O4/c1-3-29-22(27)20-17(24-23(28)25-21(20)19-12-7-13-30-19)14-26(2)18-11-6-9-15-8-4-5-10-16(15)18/h4-5,7-8,10,12-13,18,21H,3,6,9,11,14H2,1-2H3,(H2,24,25,28)/t18-,21-/m0/s1. The summed E-state index contributed by atoms with van der Waals surface area (Å²) in [6.07, 6.45) is 4.75. The zero-order valence-corrected chi connectivity index (χ0v) is 17.3. The second-order valence-corrected chi connectivity index (χ2v) is 7.68. The minimum absolute atomic E-state index is 0.222. The number of esters is 1. The van der Waals surface area contributed by atoms with E-state index in [0.717, 1.165) is 19.3 Å². The maximum Gasteiger partial charge on any atom is 0.338 e. The van der Waals surface area contributed by atoms with Gasteiger partial charge in [0.15, 0.2) is 0 Å². The Kier molecular flexibility index (Phi) is 5.90. The number of nitrogens with one attached hydrogen (secondary N) is 2. The van der Waals surface area contributed by atoms with Gasteiger partial charge in [-0.25, -0.2) is 9.59 Å². The molecule has 7 heteroatoms. The number of amides is 2. The Morgan fingerprint density at radius 2 is 2.10 bits per heavy atom. The lowest BCUT2D eigenvalue weighted by Gasteiger charge is -2.35. The monoisotopic (exact) mass is 409 g/mol. The first-order valence-corrected chi connectivity index (χ1v) is 10.4. The van der Waals surface area contributed by atoms with Crippen molar-refractivity contribution < 1.29 is 18.7 Å². The first-order valence-electron chi connectivity index (χ1n) is 10.4. The minimum atomic E-state index is -0.685. The second-order valence-electron chi connectivity index (χ2n) is 7.68. The Labute approximate surface area is 176 Å². The van der Waals surface area contributed by atoms with Crippen LogP contribution in [0.2, 0.25) is 0 Å². The molecule has 1 aromatic heterocycles. The molecule has 158 valence electrons. The van der Waals surface area contributed by atoms with Gasteiger partial charge in [-0.3, -0.25) is 4.90 Å². The summed E-state index contributed by atoms with van der Waals surface area (Å²) >= 11 is 0. The third-order valence-corrected chi connectivity index (χ3v) is 5.75. The van der Waals surface area contributed by atoms with E-state index in [4.69, 9.17) is 9.15 Å². The van der Waals surface area contributed by atoms with Gasteiger partial charge in [-0.15, -0.1) is 0 Å². The van der Waals surface area contributed by atoms with Gasteiger partial charge in [0.2, 0.25) is 0 Å². The topological polar surface area (TPSA) is 83.8 Å². The molecule has 0 unspecified atom stereocenters. The number of ether oxygens (including phenoxy) is 1. The van der Waals surface area contributed by atoms with Crippen LogP contribution in [0, 0.1) is 0 Å². The first-order chi connectivity index (χ1) is 14.6. The average Bonchev–Trinajstić information content (AvgIpc) is 3.28. The zero-order valence-electron chi connectivity index (χ0n) is 17.3. The molecule has 2 aliphatic rings. The van der Waals surface area contributed by atoms with Crippen LogP contribution in [0.3, 0.4) is 0 Å². The van der Waals surface area contributed by atoms with Crippen LogP contribution in [0.5, 0.6) is 0 Å². The number of fused-ring (bicyclic) bond motifs is 1. The third kappa shape index (κ3) is 3.98. The highest BCUT2D eigenvalue weighted by Gasteiger charge is 2.36. The van der Waals surface area contributed by atoms with E-state index in [1.54, 1.807) is 19.1 Å². The quantitative estimate of drug-likeness (QED) is 0.714. The van der Waals surface area contributed by atoms with Gasteiger partial charge in [-0.2, -0.15) is 0 Å². The number of benzene rings is 1. The summed E-state index contributed by atoms with van der Waals surface area (Å²) in [6, 6.07) is 11.1. The molecule has 2 amide bonds. The fourth-order valence-corrected chi connectivity index (χ4v) is 4.41. The molecule has 2 N–H and O–H groups in total. The molecule has 0 fully saturated rings. The van der Waals surface area contributed by atoms with Crippen LogP contribution in [-0.4, -0.2) is 37.1 Å². The van der Waals surface area contributed by atoms with Crippen LogP contribution >= 0.6 is 0 Å². The Morgan fingerprint density at radius 3 is 2.87 bits per heavy atom. The summed E-state index contributed by atoms with van der Waals surface area (Å²) in [5.41, 5.74) is 3.60. The van der Waals surface area contributed by atoms with E-state index in [1.165, 1.54) is 17.4 Å². The number of nitrogens with zero attached hydrogens (tertiary/aromatic N) is 1. The van der Waals surface area contributed by atoms with Crippen molar-refractivity contribution in [2.24, 2.45) is 0 Å². The minimum Gasteiger partial charge on any atom is -0.467 e. The molecule has 2 heterocycles. The van der Waals surface area contributed by atoms with Crippen molar-refractivity contribution in [2.75, 3.05) is 20.2 Å². The van der Waals surface area contributed by atoms with Gasteiger partial charge in [0.1, 0.15) is 11.8 Å². The summed E-state index contributed by atoms with van der Waals surface area (Å²) < 4.78 is 10.8. The lowest BCUT2D eigenvalue weighted by atomic mass is 9.87. The number of hydrogen-bond donors (Lipinski definition) is 2. The van der Waals surface area contributed by atoms with Gasteiger partial charge in [-0.1, -0.05) is 24.3 Å². The van der Waals surface area contributed by atoms with Crippen molar-refractivity contribution in [3.63, 3.8) is 0 Å². The fourth-order valence-electron chi connectivity index (χ4n) is 4.41. The van der Waals surface area contributed by atoms with Crippen molar-refractivity contribution in [2.45, 2.75) is 38.3 Å². The van der Waals surface area contributed by atoms with Gasteiger partial charge < -0.3 is 19.8 Å². The molecule has 0 radical (unpaired) electrons. The first kappa shape index (κ1) is 20.2. The largest absolute Gasteiger partial charge is 0.467 e. The van der Waals surface area contributed by atoms with Crippen LogP contribution in [0.15, 0.2) is 58.3 Å². The molecule has 1 aliphatic heterocycles. The molecule has 1 aromatic carbocycles. The molecule has 0 saturated carbocycles. The van der Waals surface area contributed by atoms with E-state index in [9.17, 15) is 9.59 Å². The SMILES string of the molecule is CCOC(=O)C1=C(CN(C)[C@H]2CCCc3ccccc32)NC(=O)N[C@H]1c1ccco1. The predicted molar refractivity (Wildman–Crippen MR) is 112 cm³/mol. The highest BCUT2D eigenvalue weighted by atomic mass is 16.5. The highest BCUT2D eigenvalue weighted by molar-refractivity contribution is 5.95. The molecule has 4 rings (SSSR count).